The Morgan fingerprint density at radius 1 is 1.47 bits per heavy atom. The Bertz CT molecular complexity index is 354. The highest BCUT2D eigenvalue weighted by atomic mass is 16.5. The van der Waals surface area contributed by atoms with Crippen molar-refractivity contribution in [1.82, 2.24) is 0 Å². The van der Waals surface area contributed by atoms with Crippen LogP contribution < -0.4 is 0 Å². The Labute approximate surface area is 90.0 Å². The number of furan rings is 1. The van der Waals surface area contributed by atoms with Crippen LogP contribution in [-0.4, -0.2) is 18.8 Å². The molecular formula is C12H18O3. The summed E-state index contributed by atoms with van der Waals surface area (Å²) in [4.78, 5) is 0. The molecule has 3 nitrogen and oxygen atoms in total. The smallest absolute Gasteiger partial charge is 0.129 e. The van der Waals surface area contributed by atoms with E-state index in [1.165, 1.54) is 0 Å². The third-order valence-electron chi connectivity index (χ3n) is 3.60. The van der Waals surface area contributed by atoms with Gasteiger partial charge in [0, 0.05) is 7.11 Å². The SMILES string of the molecule is COCc1ccc(C2(CO)CC2(C)C)o1. The summed E-state index contributed by atoms with van der Waals surface area (Å²) in [5, 5.41) is 9.49. The molecule has 1 aliphatic rings. The molecule has 0 saturated heterocycles. The molecular weight excluding hydrogens is 192 g/mol. The molecule has 1 N–H and O–H groups in total. The molecule has 1 aromatic rings. The van der Waals surface area contributed by atoms with Crippen LogP contribution >= 0.6 is 0 Å². The molecule has 0 aliphatic heterocycles. The highest BCUT2D eigenvalue weighted by molar-refractivity contribution is 5.31. The maximum absolute atomic E-state index is 9.49. The van der Waals surface area contributed by atoms with E-state index in [0.29, 0.717) is 6.61 Å². The first-order valence-electron chi connectivity index (χ1n) is 5.25. The molecule has 1 saturated carbocycles. The summed E-state index contributed by atoms with van der Waals surface area (Å²) in [5.74, 6) is 1.71. The Kier molecular flexibility index (Phi) is 2.40. The molecule has 1 unspecified atom stereocenters. The van der Waals surface area contributed by atoms with Gasteiger partial charge in [0.1, 0.15) is 18.1 Å². The summed E-state index contributed by atoms with van der Waals surface area (Å²) >= 11 is 0. The minimum absolute atomic E-state index is 0.143. The van der Waals surface area contributed by atoms with Crippen LogP contribution in [0.5, 0.6) is 0 Å². The second-order valence-electron chi connectivity index (χ2n) is 5.00. The molecule has 1 aliphatic carbocycles. The van der Waals surface area contributed by atoms with E-state index in [0.717, 1.165) is 17.9 Å². The van der Waals surface area contributed by atoms with Gasteiger partial charge in [-0.25, -0.2) is 0 Å². The van der Waals surface area contributed by atoms with E-state index in [1.807, 2.05) is 12.1 Å². The maximum atomic E-state index is 9.49. The average Bonchev–Trinajstić information content (AvgIpc) is 2.59. The number of hydrogen-bond donors (Lipinski definition) is 1. The van der Waals surface area contributed by atoms with Gasteiger partial charge in [0.25, 0.3) is 0 Å². The van der Waals surface area contributed by atoms with E-state index in [4.69, 9.17) is 9.15 Å². The van der Waals surface area contributed by atoms with E-state index < -0.39 is 0 Å². The minimum Gasteiger partial charge on any atom is -0.463 e. The monoisotopic (exact) mass is 210 g/mol. The molecule has 1 heterocycles. The second kappa shape index (κ2) is 3.35. The molecule has 1 aromatic heterocycles. The van der Waals surface area contributed by atoms with Gasteiger partial charge in [0.05, 0.1) is 12.0 Å². The lowest BCUT2D eigenvalue weighted by Gasteiger charge is -2.14. The topological polar surface area (TPSA) is 42.6 Å². The van der Waals surface area contributed by atoms with Crippen molar-refractivity contribution < 1.29 is 14.3 Å². The molecule has 0 spiro atoms. The Balaban J connectivity index is 2.22. The van der Waals surface area contributed by atoms with Crippen molar-refractivity contribution in [2.75, 3.05) is 13.7 Å². The predicted molar refractivity (Wildman–Crippen MR) is 56.6 cm³/mol. The van der Waals surface area contributed by atoms with Gasteiger partial charge in [0.2, 0.25) is 0 Å². The van der Waals surface area contributed by atoms with E-state index in [9.17, 15) is 5.11 Å². The van der Waals surface area contributed by atoms with Crippen LogP contribution in [0.4, 0.5) is 0 Å². The predicted octanol–water partition coefficient (Wildman–Crippen LogP) is 2.09. The van der Waals surface area contributed by atoms with Crippen molar-refractivity contribution >= 4 is 0 Å². The largest absolute Gasteiger partial charge is 0.463 e. The van der Waals surface area contributed by atoms with Crippen LogP contribution in [0.3, 0.4) is 0 Å². The first-order valence-corrected chi connectivity index (χ1v) is 5.25. The Morgan fingerprint density at radius 2 is 2.13 bits per heavy atom. The lowest BCUT2D eigenvalue weighted by molar-refractivity contribution is 0.156. The normalized spacial score (nSPS) is 28.0. The summed E-state index contributed by atoms with van der Waals surface area (Å²) in [7, 11) is 1.64. The fourth-order valence-corrected chi connectivity index (χ4v) is 2.33. The molecule has 0 bridgehead atoms. The summed E-state index contributed by atoms with van der Waals surface area (Å²) in [6.45, 7) is 4.95. The number of methoxy groups -OCH3 is 1. The Hall–Kier alpha value is -0.800. The van der Waals surface area contributed by atoms with Crippen LogP contribution in [0.1, 0.15) is 31.8 Å². The van der Waals surface area contributed by atoms with Gasteiger partial charge in [-0.05, 0) is 24.0 Å². The molecule has 0 amide bonds. The summed E-state index contributed by atoms with van der Waals surface area (Å²) in [6, 6.07) is 3.88. The quantitative estimate of drug-likeness (QED) is 0.827. The Morgan fingerprint density at radius 3 is 2.60 bits per heavy atom. The molecule has 0 radical (unpaired) electrons. The average molecular weight is 210 g/mol. The highest BCUT2D eigenvalue weighted by Crippen LogP contribution is 2.64. The third kappa shape index (κ3) is 1.50. The zero-order valence-electron chi connectivity index (χ0n) is 9.54. The zero-order valence-corrected chi connectivity index (χ0v) is 9.54. The van der Waals surface area contributed by atoms with E-state index in [2.05, 4.69) is 13.8 Å². The van der Waals surface area contributed by atoms with Crippen LogP contribution in [0, 0.1) is 5.41 Å². The van der Waals surface area contributed by atoms with E-state index >= 15 is 0 Å². The highest BCUT2D eigenvalue weighted by Gasteiger charge is 2.63. The fraction of sp³-hybridized carbons (Fsp3) is 0.667. The minimum atomic E-state index is -0.168. The van der Waals surface area contributed by atoms with Crippen molar-refractivity contribution in [3.8, 4) is 0 Å². The van der Waals surface area contributed by atoms with Crippen molar-refractivity contribution in [3.63, 3.8) is 0 Å². The number of aliphatic hydroxyl groups is 1. The number of hydrogen-bond acceptors (Lipinski definition) is 3. The summed E-state index contributed by atoms with van der Waals surface area (Å²) in [6.07, 6.45) is 0.983. The van der Waals surface area contributed by atoms with E-state index in [-0.39, 0.29) is 17.4 Å². The first kappa shape index (κ1) is 10.7. The van der Waals surface area contributed by atoms with Gasteiger partial charge in [-0.3, -0.25) is 0 Å². The molecule has 1 fully saturated rings. The van der Waals surface area contributed by atoms with Gasteiger partial charge >= 0.3 is 0 Å². The van der Waals surface area contributed by atoms with Crippen LogP contribution in [0.25, 0.3) is 0 Å². The van der Waals surface area contributed by atoms with Crippen LogP contribution in [0.2, 0.25) is 0 Å². The van der Waals surface area contributed by atoms with Crippen molar-refractivity contribution in [3.05, 3.63) is 23.7 Å². The second-order valence-corrected chi connectivity index (χ2v) is 5.00. The number of aliphatic hydroxyl groups excluding tert-OH is 1. The van der Waals surface area contributed by atoms with Crippen molar-refractivity contribution in [1.29, 1.82) is 0 Å². The lowest BCUT2D eigenvalue weighted by atomic mass is 9.94. The van der Waals surface area contributed by atoms with Gasteiger partial charge in [0.15, 0.2) is 0 Å². The number of ether oxygens (including phenoxy) is 1. The molecule has 3 heteroatoms. The van der Waals surface area contributed by atoms with Crippen molar-refractivity contribution in [2.24, 2.45) is 5.41 Å². The van der Waals surface area contributed by atoms with Crippen LogP contribution in [-0.2, 0) is 16.8 Å². The van der Waals surface area contributed by atoms with Gasteiger partial charge in [-0.1, -0.05) is 13.8 Å². The first-order chi connectivity index (χ1) is 7.05. The third-order valence-corrected chi connectivity index (χ3v) is 3.60. The lowest BCUT2D eigenvalue weighted by Crippen LogP contribution is -2.18. The molecule has 84 valence electrons. The van der Waals surface area contributed by atoms with Gasteiger partial charge in [-0.2, -0.15) is 0 Å². The number of rotatable bonds is 4. The maximum Gasteiger partial charge on any atom is 0.129 e. The van der Waals surface area contributed by atoms with Crippen molar-refractivity contribution in [2.45, 2.75) is 32.3 Å². The molecule has 2 rings (SSSR count). The molecule has 0 aromatic carbocycles. The van der Waals surface area contributed by atoms with Gasteiger partial charge in [-0.15, -0.1) is 0 Å². The van der Waals surface area contributed by atoms with Crippen LogP contribution in [0.15, 0.2) is 16.5 Å². The van der Waals surface area contributed by atoms with Gasteiger partial charge < -0.3 is 14.3 Å². The standard InChI is InChI=1S/C12H18O3/c1-11(2)7-12(11,8-13)10-5-4-9(15-10)6-14-3/h4-5,13H,6-8H2,1-3H3. The van der Waals surface area contributed by atoms with E-state index in [1.54, 1.807) is 7.11 Å². The molecule has 1 atom stereocenters. The summed E-state index contributed by atoms with van der Waals surface area (Å²) < 4.78 is 10.7. The summed E-state index contributed by atoms with van der Waals surface area (Å²) in [5.41, 5.74) is -0.0249. The zero-order chi connectivity index (χ0) is 11.1. The molecule has 15 heavy (non-hydrogen) atoms. The fourth-order valence-electron chi connectivity index (χ4n) is 2.33.